The Kier molecular flexibility index (Phi) is 6.34. The van der Waals surface area contributed by atoms with Crippen molar-refractivity contribution >= 4 is 5.69 Å². The predicted octanol–water partition coefficient (Wildman–Crippen LogP) is 4.38. The number of nitrogens with zero attached hydrogens (tertiary/aromatic N) is 2. The summed E-state index contributed by atoms with van der Waals surface area (Å²) in [5, 5.41) is 0. The van der Waals surface area contributed by atoms with Gasteiger partial charge in [-0.05, 0) is 43.4 Å². The van der Waals surface area contributed by atoms with Crippen LogP contribution in [0.1, 0.15) is 52.5 Å². The molecule has 0 saturated carbocycles. The molecule has 2 rings (SSSR count). The molecular weight excluding hydrogens is 284 g/mol. The molecule has 1 aromatic carbocycles. The Morgan fingerprint density at radius 3 is 2.48 bits per heavy atom. The van der Waals surface area contributed by atoms with Crippen molar-refractivity contribution in [3.63, 3.8) is 0 Å². The summed E-state index contributed by atoms with van der Waals surface area (Å²) in [6.07, 6.45) is 1.29. The van der Waals surface area contributed by atoms with E-state index >= 15 is 0 Å². The van der Waals surface area contributed by atoms with Gasteiger partial charge in [-0.15, -0.1) is 0 Å². The van der Waals surface area contributed by atoms with Gasteiger partial charge < -0.3 is 9.64 Å². The lowest BCUT2D eigenvalue weighted by Crippen LogP contribution is -2.52. The van der Waals surface area contributed by atoms with Crippen LogP contribution in [0.5, 0.6) is 5.75 Å². The lowest BCUT2D eigenvalue weighted by molar-refractivity contribution is 0.180. The fraction of sp³-hybridized carbons (Fsp3) is 0.700. The molecule has 3 heteroatoms. The number of hydrogen-bond acceptors (Lipinski definition) is 3. The minimum atomic E-state index is 0.491. The summed E-state index contributed by atoms with van der Waals surface area (Å²) in [5.41, 5.74) is 2.58. The highest BCUT2D eigenvalue weighted by Crippen LogP contribution is 2.31. The van der Waals surface area contributed by atoms with E-state index in [4.69, 9.17) is 4.74 Å². The van der Waals surface area contributed by atoms with Crippen LogP contribution in [0.25, 0.3) is 0 Å². The lowest BCUT2D eigenvalue weighted by Gasteiger charge is -2.41. The highest BCUT2D eigenvalue weighted by atomic mass is 16.5. The second-order valence-corrected chi connectivity index (χ2v) is 7.59. The highest BCUT2D eigenvalue weighted by molar-refractivity contribution is 5.55. The van der Waals surface area contributed by atoms with E-state index in [1.54, 1.807) is 7.11 Å². The van der Waals surface area contributed by atoms with E-state index in [1.807, 2.05) is 0 Å². The van der Waals surface area contributed by atoms with E-state index in [0.717, 1.165) is 31.3 Å². The summed E-state index contributed by atoms with van der Waals surface area (Å²) in [4.78, 5) is 5.14. The molecule has 1 aliphatic rings. The van der Waals surface area contributed by atoms with Crippen molar-refractivity contribution in [2.24, 2.45) is 5.92 Å². The van der Waals surface area contributed by atoms with Gasteiger partial charge in [0.25, 0.3) is 0 Å². The highest BCUT2D eigenvalue weighted by Gasteiger charge is 2.24. The number of rotatable bonds is 6. The van der Waals surface area contributed by atoms with E-state index in [2.05, 4.69) is 62.6 Å². The standard InChI is InChI=1S/C20H34N2O/c1-15(2)9-10-21-11-12-22(14-17(21)5)18-7-8-19(16(3)4)20(13-18)23-6/h7-8,13,15-17H,9-12,14H2,1-6H3/t17-/m1/s1. The maximum atomic E-state index is 5.61. The zero-order chi connectivity index (χ0) is 17.0. The first-order chi connectivity index (χ1) is 10.9. The molecule has 0 bridgehead atoms. The monoisotopic (exact) mass is 318 g/mol. The third kappa shape index (κ3) is 4.63. The second-order valence-electron chi connectivity index (χ2n) is 7.59. The molecule has 0 aliphatic carbocycles. The molecule has 1 heterocycles. The number of anilines is 1. The SMILES string of the molecule is COc1cc(N2CCN(CCC(C)C)[C@H](C)C2)ccc1C(C)C. The Morgan fingerprint density at radius 1 is 1.17 bits per heavy atom. The number of benzene rings is 1. The van der Waals surface area contributed by atoms with Gasteiger partial charge in [0, 0.05) is 37.4 Å². The quantitative estimate of drug-likeness (QED) is 0.774. The van der Waals surface area contributed by atoms with Gasteiger partial charge >= 0.3 is 0 Å². The third-order valence-corrected chi connectivity index (χ3v) is 4.96. The van der Waals surface area contributed by atoms with Crippen molar-refractivity contribution in [3.05, 3.63) is 23.8 Å². The fourth-order valence-corrected chi connectivity index (χ4v) is 3.36. The van der Waals surface area contributed by atoms with Gasteiger partial charge in [0.05, 0.1) is 7.11 Å². The van der Waals surface area contributed by atoms with Crippen molar-refractivity contribution in [2.45, 2.75) is 53.0 Å². The number of hydrogen-bond donors (Lipinski definition) is 0. The van der Waals surface area contributed by atoms with Gasteiger partial charge in [-0.25, -0.2) is 0 Å². The fourth-order valence-electron chi connectivity index (χ4n) is 3.36. The van der Waals surface area contributed by atoms with Crippen LogP contribution in [-0.2, 0) is 0 Å². The van der Waals surface area contributed by atoms with Gasteiger partial charge in [-0.1, -0.05) is 33.8 Å². The van der Waals surface area contributed by atoms with Crippen LogP contribution >= 0.6 is 0 Å². The van der Waals surface area contributed by atoms with Crippen molar-refractivity contribution in [2.75, 3.05) is 38.2 Å². The molecule has 1 aromatic rings. The van der Waals surface area contributed by atoms with Gasteiger partial charge in [0.2, 0.25) is 0 Å². The van der Waals surface area contributed by atoms with Crippen molar-refractivity contribution in [1.82, 2.24) is 4.90 Å². The second kappa shape index (κ2) is 8.05. The third-order valence-electron chi connectivity index (χ3n) is 4.96. The van der Waals surface area contributed by atoms with Crippen LogP contribution < -0.4 is 9.64 Å². The Balaban J connectivity index is 2.04. The van der Waals surface area contributed by atoms with E-state index in [-0.39, 0.29) is 0 Å². The van der Waals surface area contributed by atoms with E-state index in [0.29, 0.717) is 12.0 Å². The molecule has 0 aromatic heterocycles. The zero-order valence-electron chi connectivity index (χ0n) is 15.8. The van der Waals surface area contributed by atoms with Gasteiger partial charge in [-0.2, -0.15) is 0 Å². The molecule has 1 atom stereocenters. The molecule has 1 fully saturated rings. The van der Waals surface area contributed by atoms with Crippen molar-refractivity contribution in [3.8, 4) is 5.75 Å². The molecule has 130 valence electrons. The molecule has 0 unspecified atom stereocenters. The Labute approximate surface area is 142 Å². The molecule has 0 radical (unpaired) electrons. The smallest absolute Gasteiger partial charge is 0.124 e. The number of ether oxygens (including phenoxy) is 1. The summed E-state index contributed by atoms with van der Waals surface area (Å²) >= 11 is 0. The van der Waals surface area contributed by atoms with Crippen LogP contribution in [-0.4, -0.2) is 44.2 Å². The average Bonchev–Trinajstić information content (AvgIpc) is 2.52. The lowest BCUT2D eigenvalue weighted by atomic mass is 10.0. The van der Waals surface area contributed by atoms with Crippen LogP contribution in [0.15, 0.2) is 18.2 Å². The van der Waals surface area contributed by atoms with Crippen molar-refractivity contribution < 1.29 is 4.74 Å². The summed E-state index contributed by atoms with van der Waals surface area (Å²) in [7, 11) is 1.78. The summed E-state index contributed by atoms with van der Waals surface area (Å²) < 4.78 is 5.61. The number of methoxy groups -OCH3 is 1. The zero-order valence-corrected chi connectivity index (χ0v) is 15.8. The molecule has 1 saturated heterocycles. The van der Waals surface area contributed by atoms with Gasteiger partial charge in [0.1, 0.15) is 5.75 Å². The predicted molar refractivity (Wildman–Crippen MR) is 99.8 cm³/mol. The summed E-state index contributed by atoms with van der Waals surface area (Å²) in [6, 6.07) is 7.31. The van der Waals surface area contributed by atoms with Crippen LogP contribution in [0.3, 0.4) is 0 Å². The van der Waals surface area contributed by atoms with E-state index < -0.39 is 0 Å². The number of piperazine rings is 1. The van der Waals surface area contributed by atoms with Gasteiger partial charge in [-0.3, -0.25) is 4.90 Å². The van der Waals surface area contributed by atoms with Crippen LogP contribution in [0.2, 0.25) is 0 Å². The van der Waals surface area contributed by atoms with E-state index in [1.165, 1.54) is 24.2 Å². The molecule has 0 N–H and O–H groups in total. The minimum absolute atomic E-state index is 0.491. The first-order valence-corrected chi connectivity index (χ1v) is 9.09. The normalized spacial score (nSPS) is 19.7. The van der Waals surface area contributed by atoms with Gasteiger partial charge in [0.15, 0.2) is 0 Å². The minimum Gasteiger partial charge on any atom is -0.496 e. The topological polar surface area (TPSA) is 15.7 Å². The van der Waals surface area contributed by atoms with Crippen LogP contribution in [0, 0.1) is 5.92 Å². The Bertz CT molecular complexity index is 498. The molecule has 0 amide bonds. The van der Waals surface area contributed by atoms with Crippen molar-refractivity contribution in [1.29, 1.82) is 0 Å². The molecule has 23 heavy (non-hydrogen) atoms. The summed E-state index contributed by atoms with van der Waals surface area (Å²) in [6.45, 7) is 16.0. The molecular formula is C20H34N2O. The Hall–Kier alpha value is -1.22. The average molecular weight is 319 g/mol. The van der Waals surface area contributed by atoms with E-state index in [9.17, 15) is 0 Å². The maximum Gasteiger partial charge on any atom is 0.124 e. The summed E-state index contributed by atoms with van der Waals surface area (Å²) in [5.74, 6) is 2.30. The Morgan fingerprint density at radius 2 is 1.91 bits per heavy atom. The largest absolute Gasteiger partial charge is 0.496 e. The van der Waals surface area contributed by atoms with Crippen LogP contribution in [0.4, 0.5) is 5.69 Å². The molecule has 1 aliphatic heterocycles. The first-order valence-electron chi connectivity index (χ1n) is 9.09. The first kappa shape index (κ1) is 18.1. The molecule has 3 nitrogen and oxygen atoms in total. The maximum absolute atomic E-state index is 5.61. The molecule has 0 spiro atoms.